The average Bonchev–Trinajstić information content (AvgIpc) is 1.87. The van der Waals surface area contributed by atoms with E-state index >= 15 is 0 Å². The fraction of sp³-hybridized carbons (Fsp3) is 0.875. The van der Waals surface area contributed by atoms with Crippen LogP contribution in [-0.4, -0.2) is 30.9 Å². The van der Waals surface area contributed by atoms with Crippen molar-refractivity contribution in [2.75, 3.05) is 20.1 Å². The van der Waals surface area contributed by atoms with E-state index in [-0.39, 0.29) is 5.91 Å². The van der Waals surface area contributed by atoms with Gasteiger partial charge in [-0.15, -0.1) is 0 Å². The third-order valence-electron chi connectivity index (χ3n) is 1.58. The lowest BCUT2D eigenvalue weighted by Crippen LogP contribution is -2.24. The second-order valence-corrected chi connectivity index (χ2v) is 2.97. The van der Waals surface area contributed by atoms with Crippen LogP contribution in [0.5, 0.6) is 0 Å². The highest BCUT2D eigenvalue weighted by atomic mass is 16.1. The number of nitrogens with zero attached hydrogens (tertiary/aromatic N) is 1. The molecule has 0 saturated carbocycles. The Morgan fingerprint density at radius 1 is 1.27 bits per heavy atom. The number of hydrogen-bond acceptors (Lipinski definition) is 2. The molecule has 2 N–H and O–H groups in total. The fourth-order valence-corrected chi connectivity index (χ4v) is 1.05. The molecule has 0 bridgehead atoms. The van der Waals surface area contributed by atoms with Crippen molar-refractivity contribution in [1.82, 2.24) is 4.90 Å². The number of rotatable bonds is 0. The van der Waals surface area contributed by atoms with Crippen LogP contribution in [0.15, 0.2) is 0 Å². The molecule has 0 aromatic rings. The van der Waals surface area contributed by atoms with Crippen molar-refractivity contribution in [1.29, 1.82) is 0 Å². The molecular weight excluding hydrogens is 140 g/mol. The summed E-state index contributed by atoms with van der Waals surface area (Å²) >= 11 is 0. The molecule has 1 fully saturated rings. The van der Waals surface area contributed by atoms with Gasteiger partial charge in [0, 0.05) is 6.92 Å². The van der Waals surface area contributed by atoms with Crippen molar-refractivity contribution in [3.05, 3.63) is 0 Å². The van der Waals surface area contributed by atoms with Gasteiger partial charge in [0.05, 0.1) is 0 Å². The highest BCUT2D eigenvalue weighted by molar-refractivity contribution is 5.70. The van der Waals surface area contributed by atoms with Crippen LogP contribution in [0.2, 0.25) is 0 Å². The van der Waals surface area contributed by atoms with Crippen molar-refractivity contribution >= 4 is 5.91 Å². The van der Waals surface area contributed by atoms with E-state index in [0.717, 1.165) is 0 Å². The van der Waals surface area contributed by atoms with Gasteiger partial charge >= 0.3 is 0 Å². The zero-order chi connectivity index (χ0) is 8.69. The SMILES string of the molecule is CC(N)=O.CN1CCCCC1. The van der Waals surface area contributed by atoms with E-state index in [1.807, 2.05) is 0 Å². The summed E-state index contributed by atoms with van der Waals surface area (Å²) in [6, 6.07) is 0. The molecule has 1 heterocycles. The van der Waals surface area contributed by atoms with Crippen LogP contribution in [0.4, 0.5) is 0 Å². The summed E-state index contributed by atoms with van der Waals surface area (Å²) in [5, 5.41) is 0. The van der Waals surface area contributed by atoms with Gasteiger partial charge in [-0.1, -0.05) is 6.42 Å². The molecule has 0 unspecified atom stereocenters. The van der Waals surface area contributed by atoms with Crippen LogP contribution in [0.25, 0.3) is 0 Å². The number of carbonyl (C=O) groups is 1. The smallest absolute Gasteiger partial charge is 0.214 e. The highest BCUT2D eigenvalue weighted by Crippen LogP contribution is 2.04. The van der Waals surface area contributed by atoms with Gasteiger partial charge in [0.1, 0.15) is 0 Å². The van der Waals surface area contributed by atoms with Crippen molar-refractivity contribution in [3.63, 3.8) is 0 Å². The molecule has 1 rings (SSSR count). The maximum absolute atomic E-state index is 9.22. The Labute approximate surface area is 68.6 Å². The van der Waals surface area contributed by atoms with E-state index in [0.29, 0.717) is 0 Å². The first-order valence-electron chi connectivity index (χ1n) is 4.07. The van der Waals surface area contributed by atoms with Gasteiger partial charge in [0.2, 0.25) is 5.91 Å². The summed E-state index contributed by atoms with van der Waals surface area (Å²) < 4.78 is 0. The molecule has 1 aliphatic rings. The van der Waals surface area contributed by atoms with Crippen LogP contribution >= 0.6 is 0 Å². The predicted molar refractivity (Wildman–Crippen MR) is 46.2 cm³/mol. The first-order valence-corrected chi connectivity index (χ1v) is 4.07. The zero-order valence-electron chi connectivity index (χ0n) is 7.47. The molecule has 1 saturated heterocycles. The maximum atomic E-state index is 9.22. The molecule has 11 heavy (non-hydrogen) atoms. The van der Waals surface area contributed by atoms with Crippen molar-refractivity contribution < 1.29 is 4.79 Å². The van der Waals surface area contributed by atoms with E-state index in [4.69, 9.17) is 0 Å². The van der Waals surface area contributed by atoms with Crippen molar-refractivity contribution in [2.24, 2.45) is 5.73 Å². The number of amides is 1. The third kappa shape index (κ3) is 9.43. The van der Waals surface area contributed by atoms with Gasteiger partial charge in [0.15, 0.2) is 0 Å². The molecule has 0 aliphatic carbocycles. The standard InChI is InChI=1S/C6H13N.C2H5NO/c1-7-5-3-2-4-6-7;1-2(3)4/h2-6H2,1H3;1H3,(H2,3,4). The Bertz CT molecular complexity index is 105. The first kappa shape index (κ1) is 10.4. The molecule has 0 aromatic carbocycles. The summed E-state index contributed by atoms with van der Waals surface area (Å²) in [6.45, 7) is 3.94. The number of hydrogen-bond donors (Lipinski definition) is 1. The molecule has 3 heteroatoms. The monoisotopic (exact) mass is 158 g/mol. The topological polar surface area (TPSA) is 46.3 Å². The minimum Gasteiger partial charge on any atom is -0.370 e. The maximum Gasteiger partial charge on any atom is 0.214 e. The number of nitrogens with two attached hydrogens (primary N) is 1. The molecule has 66 valence electrons. The van der Waals surface area contributed by atoms with Gasteiger partial charge in [-0.05, 0) is 33.0 Å². The Balaban J connectivity index is 0.000000218. The second kappa shape index (κ2) is 6.16. The Kier molecular flexibility index (Phi) is 5.84. The summed E-state index contributed by atoms with van der Waals surface area (Å²) in [6.07, 6.45) is 4.28. The molecule has 1 aliphatic heterocycles. The van der Waals surface area contributed by atoms with E-state index in [9.17, 15) is 4.79 Å². The van der Waals surface area contributed by atoms with Crippen LogP contribution in [0.1, 0.15) is 26.2 Å². The molecule has 0 aromatic heterocycles. The van der Waals surface area contributed by atoms with Crippen LogP contribution in [0.3, 0.4) is 0 Å². The van der Waals surface area contributed by atoms with Crippen molar-refractivity contribution in [2.45, 2.75) is 26.2 Å². The molecule has 0 radical (unpaired) electrons. The highest BCUT2D eigenvalue weighted by Gasteiger charge is 2.02. The second-order valence-electron chi connectivity index (χ2n) is 2.97. The predicted octanol–water partition coefficient (Wildman–Crippen LogP) is 0.594. The van der Waals surface area contributed by atoms with E-state index in [2.05, 4.69) is 17.7 Å². The third-order valence-corrected chi connectivity index (χ3v) is 1.58. The fourth-order valence-electron chi connectivity index (χ4n) is 1.05. The molecular formula is C8H18N2O. The number of piperidine rings is 1. The van der Waals surface area contributed by atoms with Gasteiger partial charge in [-0.2, -0.15) is 0 Å². The van der Waals surface area contributed by atoms with Crippen LogP contribution in [0, 0.1) is 0 Å². The average molecular weight is 158 g/mol. The number of primary amides is 1. The summed E-state index contributed by atoms with van der Waals surface area (Å²) in [5.74, 6) is -0.333. The molecule has 0 spiro atoms. The minimum atomic E-state index is -0.333. The Morgan fingerprint density at radius 2 is 1.64 bits per heavy atom. The number of carbonyl (C=O) groups excluding carboxylic acids is 1. The normalized spacial score (nSPS) is 18.4. The van der Waals surface area contributed by atoms with E-state index in [1.54, 1.807) is 0 Å². The number of likely N-dealkylation sites (tertiary alicyclic amines) is 1. The van der Waals surface area contributed by atoms with E-state index < -0.39 is 0 Å². The lowest BCUT2D eigenvalue weighted by molar-refractivity contribution is -0.115. The van der Waals surface area contributed by atoms with E-state index in [1.165, 1.54) is 39.3 Å². The zero-order valence-corrected chi connectivity index (χ0v) is 7.47. The minimum absolute atomic E-state index is 0.333. The van der Waals surface area contributed by atoms with Crippen LogP contribution < -0.4 is 5.73 Å². The Morgan fingerprint density at radius 3 is 1.82 bits per heavy atom. The van der Waals surface area contributed by atoms with Gasteiger partial charge < -0.3 is 10.6 Å². The summed E-state index contributed by atoms with van der Waals surface area (Å²) in [5.41, 5.74) is 4.47. The lowest BCUT2D eigenvalue weighted by atomic mass is 10.1. The first-order chi connectivity index (χ1) is 5.13. The quantitative estimate of drug-likeness (QED) is 0.561. The lowest BCUT2D eigenvalue weighted by Gasteiger charge is -2.20. The van der Waals surface area contributed by atoms with Gasteiger partial charge in [0.25, 0.3) is 0 Å². The summed E-state index contributed by atoms with van der Waals surface area (Å²) in [7, 11) is 2.19. The molecule has 1 amide bonds. The molecule has 0 atom stereocenters. The van der Waals surface area contributed by atoms with Gasteiger partial charge in [-0.3, -0.25) is 4.79 Å². The Hall–Kier alpha value is -0.570. The van der Waals surface area contributed by atoms with Crippen molar-refractivity contribution in [3.8, 4) is 0 Å². The van der Waals surface area contributed by atoms with Crippen LogP contribution in [-0.2, 0) is 4.79 Å². The summed E-state index contributed by atoms with van der Waals surface area (Å²) in [4.78, 5) is 11.6. The molecule has 3 nitrogen and oxygen atoms in total. The largest absolute Gasteiger partial charge is 0.370 e. The van der Waals surface area contributed by atoms with Gasteiger partial charge in [-0.25, -0.2) is 0 Å².